The van der Waals surface area contributed by atoms with E-state index in [1.807, 2.05) is 26.8 Å². The van der Waals surface area contributed by atoms with Gasteiger partial charge in [-0.25, -0.2) is 4.79 Å². The quantitative estimate of drug-likeness (QED) is 0.409. The summed E-state index contributed by atoms with van der Waals surface area (Å²) in [7, 11) is 1.64. The van der Waals surface area contributed by atoms with Crippen molar-refractivity contribution in [3.05, 3.63) is 41.7 Å². The number of phenolic OH excluding ortho intramolecular Hbond substituents is 1. The summed E-state index contributed by atoms with van der Waals surface area (Å²) in [5.41, 5.74) is -1.36. The predicted octanol–water partition coefficient (Wildman–Crippen LogP) is 3.92. The first kappa shape index (κ1) is 31.3. The Bertz CT molecular complexity index is 1140. The van der Waals surface area contributed by atoms with E-state index >= 15 is 0 Å². The number of cyclic esters (lactones) is 1. The molecule has 1 spiro atoms. The van der Waals surface area contributed by atoms with Crippen molar-refractivity contribution in [3.63, 3.8) is 0 Å². The van der Waals surface area contributed by atoms with E-state index in [1.165, 1.54) is 0 Å². The van der Waals surface area contributed by atoms with Crippen molar-refractivity contribution in [2.75, 3.05) is 13.7 Å². The van der Waals surface area contributed by atoms with E-state index in [2.05, 4.69) is 6.92 Å². The zero-order valence-corrected chi connectivity index (χ0v) is 24.8. The lowest BCUT2D eigenvalue weighted by atomic mass is 9.66. The van der Waals surface area contributed by atoms with Crippen LogP contribution in [0.25, 0.3) is 0 Å². The molecule has 0 aromatic heterocycles. The summed E-state index contributed by atoms with van der Waals surface area (Å²) in [4.78, 5) is 25.7. The summed E-state index contributed by atoms with van der Waals surface area (Å²) in [5.74, 6) is -2.81. The number of hydrogen-bond acceptors (Lipinski definition) is 10. The van der Waals surface area contributed by atoms with Crippen LogP contribution in [0.2, 0.25) is 0 Å². The Balaban J connectivity index is 1.67. The van der Waals surface area contributed by atoms with E-state index < -0.39 is 53.7 Å². The third-order valence-corrected chi connectivity index (χ3v) is 8.91. The van der Waals surface area contributed by atoms with Gasteiger partial charge in [-0.2, -0.15) is 0 Å². The number of rotatable bonds is 7. The Morgan fingerprint density at radius 3 is 2.54 bits per heavy atom. The molecule has 10 heteroatoms. The van der Waals surface area contributed by atoms with Crippen molar-refractivity contribution in [2.24, 2.45) is 17.3 Å². The van der Waals surface area contributed by atoms with Gasteiger partial charge >= 0.3 is 11.9 Å². The third kappa shape index (κ3) is 6.56. The Morgan fingerprint density at radius 2 is 1.88 bits per heavy atom. The van der Waals surface area contributed by atoms with E-state index in [4.69, 9.17) is 23.7 Å². The molecule has 1 unspecified atom stereocenters. The first-order valence-corrected chi connectivity index (χ1v) is 14.3. The molecule has 3 N–H and O–H groups in total. The van der Waals surface area contributed by atoms with Crippen LogP contribution >= 0.6 is 0 Å². The first-order valence-electron chi connectivity index (χ1n) is 14.3. The minimum atomic E-state index is -1.49. The number of hydrogen-bond donors (Lipinski definition) is 3. The van der Waals surface area contributed by atoms with Crippen LogP contribution in [0, 0.1) is 17.3 Å². The summed E-state index contributed by atoms with van der Waals surface area (Å²) in [5, 5.41) is 31.0. The number of aliphatic hydroxyl groups is 2. The van der Waals surface area contributed by atoms with Gasteiger partial charge in [-0.15, -0.1) is 0 Å². The lowest BCUT2D eigenvalue weighted by Crippen LogP contribution is -2.65. The number of aliphatic hydroxyl groups excluding tert-OH is 1. The Morgan fingerprint density at radius 1 is 1.15 bits per heavy atom. The molecule has 3 bridgehead atoms. The highest BCUT2D eigenvalue weighted by molar-refractivity contribution is 5.83. The van der Waals surface area contributed by atoms with Gasteiger partial charge in [0, 0.05) is 18.4 Å². The maximum absolute atomic E-state index is 13.0. The standard InChI is InChI=1S/C31H44O10/c1-18(10-11-23(37-6)20-8-7-9-21(33)12-20)28-19(2)24-15-31(41-28)29(3,4)17-30(5,36)25(40-31)14-27(35)38-22(16-32)13-26(34)39-24/h7-9,12,14,18-19,22-24,28,32-33,36H,10-11,13,15-17H2,1-6H3/b25-14-/t18-,19+,22-,23+,24+,28-,30?,31-/m1/s1. The molecule has 1 aromatic carbocycles. The summed E-state index contributed by atoms with van der Waals surface area (Å²) in [6.45, 7) is 8.94. The van der Waals surface area contributed by atoms with Gasteiger partial charge in [0.05, 0.1) is 37.7 Å². The van der Waals surface area contributed by atoms with Gasteiger partial charge in [-0.3, -0.25) is 4.79 Å². The van der Waals surface area contributed by atoms with E-state index in [9.17, 15) is 24.9 Å². The maximum Gasteiger partial charge on any atom is 0.334 e. The first-order chi connectivity index (χ1) is 19.2. The molecule has 228 valence electrons. The number of carbonyl (C=O) groups excluding carboxylic acids is 2. The molecule has 0 aliphatic carbocycles. The molecule has 8 atom stereocenters. The molecule has 2 fully saturated rings. The maximum atomic E-state index is 13.0. The van der Waals surface area contributed by atoms with Crippen molar-refractivity contribution in [1.82, 2.24) is 0 Å². The highest BCUT2D eigenvalue weighted by Gasteiger charge is 2.63. The number of aromatic hydroxyl groups is 1. The molecule has 3 heterocycles. The van der Waals surface area contributed by atoms with Crippen LogP contribution in [0.15, 0.2) is 36.1 Å². The molecular formula is C31H44O10. The normalized spacial score (nSPS) is 36.2. The fraction of sp³-hybridized carbons (Fsp3) is 0.677. The number of phenols is 1. The number of carbonyl (C=O) groups is 2. The van der Waals surface area contributed by atoms with Crippen LogP contribution in [-0.4, -0.2) is 70.7 Å². The number of ether oxygens (including phenoxy) is 5. The molecule has 0 amide bonds. The van der Waals surface area contributed by atoms with Gasteiger partial charge in [-0.1, -0.05) is 39.8 Å². The Labute approximate surface area is 241 Å². The van der Waals surface area contributed by atoms with Crippen LogP contribution < -0.4 is 0 Å². The van der Waals surface area contributed by atoms with Crippen LogP contribution in [0.1, 0.15) is 78.4 Å². The van der Waals surface area contributed by atoms with Gasteiger partial charge in [0.25, 0.3) is 0 Å². The number of benzene rings is 1. The second-order valence-corrected chi connectivity index (χ2v) is 12.7. The minimum Gasteiger partial charge on any atom is -0.508 e. The van der Waals surface area contributed by atoms with Crippen LogP contribution in [0.4, 0.5) is 0 Å². The summed E-state index contributed by atoms with van der Waals surface area (Å²) in [6, 6.07) is 7.00. The Hall–Kier alpha value is -2.66. The largest absolute Gasteiger partial charge is 0.508 e. The molecule has 1 aromatic rings. The predicted molar refractivity (Wildman–Crippen MR) is 147 cm³/mol. The molecular weight excluding hydrogens is 532 g/mol. The van der Waals surface area contributed by atoms with E-state index in [-0.39, 0.29) is 48.7 Å². The van der Waals surface area contributed by atoms with Crippen molar-refractivity contribution >= 4 is 11.9 Å². The average Bonchev–Trinajstić information content (AvgIpc) is 2.88. The smallest absolute Gasteiger partial charge is 0.334 e. The van der Waals surface area contributed by atoms with Crippen LogP contribution in [0.5, 0.6) is 5.75 Å². The molecule has 3 aliphatic heterocycles. The monoisotopic (exact) mass is 576 g/mol. The van der Waals surface area contributed by atoms with Gasteiger partial charge < -0.3 is 39.0 Å². The van der Waals surface area contributed by atoms with E-state index in [0.717, 1.165) is 11.6 Å². The molecule has 10 nitrogen and oxygen atoms in total. The van der Waals surface area contributed by atoms with Crippen molar-refractivity contribution in [1.29, 1.82) is 0 Å². The van der Waals surface area contributed by atoms with Gasteiger partial charge in [-0.05, 0) is 49.8 Å². The summed E-state index contributed by atoms with van der Waals surface area (Å²) in [6.07, 6.45) is 0.212. The molecule has 3 aliphatic rings. The van der Waals surface area contributed by atoms with E-state index in [1.54, 1.807) is 32.2 Å². The summed E-state index contributed by atoms with van der Waals surface area (Å²) >= 11 is 0. The topological polar surface area (TPSA) is 141 Å². The van der Waals surface area contributed by atoms with Crippen molar-refractivity contribution in [3.8, 4) is 5.75 Å². The second-order valence-electron chi connectivity index (χ2n) is 12.7. The molecule has 4 rings (SSSR count). The minimum absolute atomic E-state index is 0.00783. The zero-order chi connectivity index (χ0) is 30.2. The molecule has 0 radical (unpaired) electrons. The van der Waals surface area contributed by atoms with Crippen molar-refractivity contribution in [2.45, 2.75) is 103 Å². The molecule has 2 saturated heterocycles. The average molecular weight is 577 g/mol. The molecule has 0 saturated carbocycles. The fourth-order valence-electron chi connectivity index (χ4n) is 6.59. The lowest BCUT2D eigenvalue weighted by Gasteiger charge is -2.59. The lowest BCUT2D eigenvalue weighted by molar-refractivity contribution is -0.371. The summed E-state index contributed by atoms with van der Waals surface area (Å²) < 4.78 is 30.3. The Kier molecular flexibility index (Phi) is 9.09. The number of esters is 2. The van der Waals surface area contributed by atoms with Crippen LogP contribution in [0.3, 0.4) is 0 Å². The van der Waals surface area contributed by atoms with Gasteiger partial charge in [0.2, 0.25) is 5.79 Å². The zero-order valence-electron chi connectivity index (χ0n) is 24.8. The second kappa shape index (κ2) is 11.9. The number of methoxy groups -OCH3 is 1. The molecule has 41 heavy (non-hydrogen) atoms. The number of fused-ring (bicyclic) bond motifs is 2. The van der Waals surface area contributed by atoms with Gasteiger partial charge in [0.15, 0.2) is 0 Å². The highest BCUT2D eigenvalue weighted by Crippen LogP contribution is 2.56. The van der Waals surface area contributed by atoms with Crippen molar-refractivity contribution < 1.29 is 48.6 Å². The van der Waals surface area contributed by atoms with Gasteiger partial charge in [0.1, 0.15) is 29.3 Å². The van der Waals surface area contributed by atoms with Crippen LogP contribution in [-0.2, 0) is 33.3 Å². The SMILES string of the molecule is CO[C@@H](CC[C@@H](C)[C@H]1O[C@@]23C[C@H](OC(=O)C[C@H](CO)OC(=O)/C=C(\O2)C(C)(O)CC3(C)C)[C@@H]1C)c1cccc(O)c1. The fourth-order valence-corrected chi connectivity index (χ4v) is 6.59. The van der Waals surface area contributed by atoms with E-state index in [0.29, 0.717) is 12.8 Å². The third-order valence-electron chi connectivity index (χ3n) is 8.91. The highest BCUT2D eigenvalue weighted by atomic mass is 16.7.